The van der Waals surface area contributed by atoms with E-state index in [4.69, 9.17) is 0 Å². The molecule has 21 heavy (non-hydrogen) atoms. The van der Waals surface area contributed by atoms with Crippen LogP contribution in [0.4, 0.5) is 0 Å². The fourth-order valence-electron chi connectivity index (χ4n) is 2.57. The number of aliphatic carboxylic acids is 1. The summed E-state index contributed by atoms with van der Waals surface area (Å²) < 4.78 is 0. The Kier molecular flexibility index (Phi) is 5.28. The predicted molar refractivity (Wildman–Crippen MR) is 83.6 cm³/mol. The number of carbonyl (C=O) groups excluding carboxylic acids is 1. The van der Waals surface area contributed by atoms with Crippen molar-refractivity contribution in [1.29, 1.82) is 0 Å². The Labute approximate surface area is 129 Å². The van der Waals surface area contributed by atoms with E-state index >= 15 is 0 Å². The van der Waals surface area contributed by atoms with Gasteiger partial charge in [0, 0.05) is 11.4 Å². The van der Waals surface area contributed by atoms with Crippen LogP contribution in [0.3, 0.4) is 0 Å². The van der Waals surface area contributed by atoms with Gasteiger partial charge in [-0.2, -0.15) is 0 Å². The number of likely N-dealkylation sites (tertiary alicyclic amines) is 1. The Morgan fingerprint density at radius 1 is 1.33 bits per heavy atom. The number of piperidine rings is 1. The summed E-state index contributed by atoms with van der Waals surface area (Å²) in [6.45, 7) is 4.60. The Morgan fingerprint density at radius 3 is 2.81 bits per heavy atom. The third kappa shape index (κ3) is 4.00. The molecule has 0 radical (unpaired) electrons. The van der Waals surface area contributed by atoms with Gasteiger partial charge < -0.3 is 10.0 Å². The highest BCUT2D eigenvalue weighted by Crippen LogP contribution is 2.25. The molecule has 0 aromatic heterocycles. The van der Waals surface area contributed by atoms with Crippen LogP contribution in [0, 0.1) is 13.8 Å². The third-order valence-corrected chi connectivity index (χ3v) is 4.95. The third-order valence-electron chi connectivity index (χ3n) is 3.80. The second-order valence-corrected chi connectivity index (χ2v) is 6.51. The minimum Gasteiger partial charge on any atom is -0.480 e. The number of hydrogen-bond donors (Lipinski definition) is 1. The minimum absolute atomic E-state index is 0.0759. The first-order chi connectivity index (χ1) is 9.99. The molecule has 0 aliphatic carbocycles. The summed E-state index contributed by atoms with van der Waals surface area (Å²) in [4.78, 5) is 26.2. The van der Waals surface area contributed by atoms with Crippen LogP contribution < -0.4 is 0 Å². The van der Waals surface area contributed by atoms with E-state index in [9.17, 15) is 14.7 Å². The van der Waals surface area contributed by atoms with Gasteiger partial charge in [-0.05, 0) is 44.7 Å². The number of thioether (sulfide) groups is 1. The van der Waals surface area contributed by atoms with E-state index in [1.54, 1.807) is 0 Å². The highest BCUT2D eigenvalue weighted by molar-refractivity contribution is 8.00. The summed E-state index contributed by atoms with van der Waals surface area (Å²) in [5, 5.41) is 9.22. The molecule has 0 unspecified atom stereocenters. The summed E-state index contributed by atoms with van der Waals surface area (Å²) in [7, 11) is 0. The summed E-state index contributed by atoms with van der Waals surface area (Å²) >= 11 is 1.49. The number of carboxylic acid groups (broad SMARTS) is 1. The Bertz CT molecular complexity index is 544. The van der Waals surface area contributed by atoms with Crippen LogP contribution in [0.5, 0.6) is 0 Å². The van der Waals surface area contributed by atoms with Crippen LogP contribution in [-0.4, -0.2) is 40.2 Å². The first kappa shape index (κ1) is 15.9. The van der Waals surface area contributed by atoms with Crippen LogP contribution in [-0.2, 0) is 9.59 Å². The average molecular weight is 307 g/mol. The van der Waals surface area contributed by atoms with Crippen molar-refractivity contribution in [2.45, 2.75) is 44.0 Å². The molecule has 1 aliphatic rings. The Balaban J connectivity index is 2.00. The van der Waals surface area contributed by atoms with Crippen molar-refractivity contribution in [3.05, 3.63) is 29.3 Å². The van der Waals surface area contributed by atoms with Crippen molar-refractivity contribution in [3.8, 4) is 0 Å². The highest BCUT2D eigenvalue weighted by Gasteiger charge is 2.31. The minimum atomic E-state index is -0.889. The van der Waals surface area contributed by atoms with Gasteiger partial charge in [-0.3, -0.25) is 4.79 Å². The maximum Gasteiger partial charge on any atom is 0.326 e. The molecule has 1 saturated heterocycles. The normalized spacial score (nSPS) is 18.6. The van der Waals surface area contributed by atoms with E-state index in [2.05, 4.69) is 6.07 Å². The number of carboxylic acids is 1. The van der Waals surface area contributed by atoms with Gasteiger partial charge in [0.2, 0.25) is 5.91 Å². The van der Waals surface area contributed by atoms with Crippen LogP contribution in [0.1, 0.15) is 30.4 Å². The zero-order chi connectivity index (χ0) is 15.4. The molecule has 1 N–H and O–H groups in total. The Hall–Kier alpha value is -1.49. The molecule has 1 aromatic carbocycles. The lowest BCUT2D eigenvalue weighted by Gasteiger charge is -2.32. The molecule has 1 fully saturated rings. The summed E-state index contributed by atoms with van der Waals surface area (Å²) in [6, 6.07) is 5.51. The first-order valence-corrected chi connectivity index (χ1v) is 8.20. The zero-order valence-corrected chi connectivity index (χ0v) is 13.3. The predicted octanol–water partition coefficient (Wildman–Crippen LogP) is 2.86. The van der Waals surface area contributed by atoms with Crippen molar-refractivity contribution >= 4 is 23.6 Å². The summed E-state index contributed by atoms with van der Waals surface area (Å²) in [6.07, 6.45) is 2.34. The zero-order valence-electron chi connectivity index (χ0n) is 12.5. The quantitative estimate of drug-likeness (QED) is 0.869. The lowest BCUT2D eigenvalue weighted by atomic mass is 10.0. The van der Waals surface area contributed by atoms with Crippen LogP contribution >= 0.6 is 11.8 Å². The second kappa shape index (κ2) is 6.98. The monoisotopic (exact) mass is 307 g/mol. The van der Waals surface area contributed by atoms with E-state index < -0.39 is 12.0 Å². The smallest absolute Gasteiger partial charge is 0.326 e. The molecule has 0 bridgehead atoms. The molecule has 0 spiro atoms. The lowest BCUT2D eigenvalue weighted by Crippen LogP contribution is -2.48. The van der Waals surface area contributed by atoms with E-state index in [1.165, 1.54) is 16.7 Å². The van der Waals surface area contributed by atoms with Crippen molar-refractivity contribution < 1.29 is 14.7 Å². The largest absolute Gasteiger partial charge is 0.480 e. The number of hydrogen-bond acceptors (Lipinski definition) is 3. The van der Waals surface area contributed by atoms with Crippen molar-refractivity contribution in [2.75, 3.05) is 12.3 Å². The van der Waals surface area contributed by atoms with E-state index in [0.29, 0.717) is 18.7 Å². The lowest BCUT2D eigenvalue weighted by molar-refractivity contribution is -0.150. The molecule has 5 heteroatoms. The molecule has 1 atom stereocenters. The first-order valence-electron chi connectivity index (χ1n) is 7.21. The van der Waals surface area contributed by atoms with Crippen molar-refractivity contribution in [3.63, 3.8) is 0 Å². The van der Waals surface area contributed by atoms with Gasteiger partial charge in [0.25, 0.3) is 0 Å². The number of amides is 1. The number of rotatable bonds is 4. The Morgan fingerprint density at radius 2 is 2.10 bits per heavy atom. The fourth-order valence-corrected chi connectivity index (χ4v) is 3.58. The molecule has 2 rings (SSSR count). The van der Waals surface area contributed by atoms with Crippen molar-refractivity contribution in [2.24, 2.45) is 0 Å². The maximum absolute atomic E-state index is 12.3. The fraction of sp³-hybridized carbons (Fsp3) is 0.500. The SMILES string of the molecule is Cc1ccc(C)c(SCC(=O)N2CCCC[C@@H]2C(=O)O)c1. The van der Waals surface area contributed by atoms with Gasteiger partial charge in [0.1, 0.15) is 6.04 Å². The van der Waals surface area contributed by atoms with Gasteiger partial charge >= 0.3 is 5.97 Å². The molecule has 1 heterocycles. The molecule has 4 nitrogen and oxygen atoms in total. The highest BCUT2D eigenvalue weighted by atomic mass is 32.2. The molecule has 1 amide bonds. The topological polar surface area (TPSA) is 57.6 Å². The molecule has 1 aromatic rings. The summed E-state index contributed by atoms with van der Waals surface area (Å²) in [5.74, 6) is -0.665. The van der Waals surface area contributed by atoms with E-state index in [1.807, 2.05) is 26.0 Å². The number of benzene rings is 1. The molecule has 1 aliphatic heterocycles. The van der Waals surface area contributed by atoms with Gasteiger partial charge in [-0.15, -0.1) is 11.8 Å². The van der Waals surface area contributed by atoms with Gasteiger partial charge in [-0.1, -0.05) is 17.7 Å². The standard InChI is InChI=1S/C16H21NO3S/c1-11-6-7-12(2)14(9-11)21-10-15(18)17-8-4-3-5-13(17)16(19)20/h6-7,9,13H,3-5,8,10H2,1-2H3,(H,19,20)/t13-/m1/s1. The van der Waals surface area contributed by atoms with Gasteiger partial charge in [0.15, 0.2) is 0 Å². The maximum atomic E-state index is 12.3. The van der Waals surface area contributed by atoms with Crippen LogP contribution in [0.25, 0.3) is 0 Å². The van der Waals surface area contributed by atoms with Gasteiger partial charge in [0.05, 0.1) is 5.75 Å². The van der Waals surface area contributed by atoms with Gasteiger partial charge in [-0.25, -0.2) is 4.79 Å². The number of carbonyl (C=O) groups is 2. The molecular weight excluding hydrogens is 286 g/mol. The van der Waals surface area contributed by atoms with Crippen molar-refractivity contribution in [1.82, 2.24) is 4.90 Å². The molecule has 0 saturated carbocycles. The second-order valence-electron chi connectivity index (χ2n) is 5.49. The number of nitrogens with zero attached hydrogens (tertiary/aromatic N) is 1. The molecular formula is C16H21NO3S. The number of aryl methyl sites for hydroxylation is 2. The average Bonchev–Trinajstić information content (AvgIpc) is 2.47. The van der Waals surface area contributed by atoms with Crippen LogP contribution in [0.15, 0.2) is 23.1 Å². The van der Waals surface area contributed by atoms with Crippen LogP contribution in [0.2, 0.25) is 0 Å². The van der Waals surface area contributed by atoms with E-state index in [0.717, 1.165) is 28.9 Å². The summed E-state index contributed by atoms with van der Waals surface area (Å²) in [5.41, 5.74) is 2.31. The molecule has 114 valence electrons. The van der Waals surface area contributed by atoms with E-state index in [-0.39, 0.29) is 5.91 Å².